The Bertz CT molecular complexity index is 601. The molecule has 4 fully saturated rings. The first-order chi connectivity index (χ1) is 12.3. The molecule has 0 bridgehead atoms. The highest BCUT2D eigenvalue weighted by molar-refractivity contribution is 5.71. The summed E-state index contributed by atoms with van der Waals surface area (Å²) in [5.41, 5.74) is 0.355. The van der Waals surface area contributed by atoms with E-state index in [1.165, 1.54) is 26.2 Å². The number of carbonyl (C=O) groups is 2. The minimum atomic E-state index is -0.574. The zero-order chi connectivity index (χ0) is 18.7. The zero-order valence-electron chi connectivity index (χ0n) is 16.5. The second-order valence-electron chi connectivity index (χ2n) is 10.2. The van der Waals surface area contributed by atoms with Crippen LogP contribution in [-0.2, 0) is 14.3 Å². The van der Waals surface area contributed by atoms with Crippen LogP contribution in [-0.4, -0.2) is 23.1 Å². The highest BCUT2D eigenvalue weighted by Crippen LogP contribution is 2.67. The van der Waals surface area contributed by atoms with E-state index in [0.29, 0.717) is 23.2 Å². The molecule has 0 aromatic heterocycles. The molecule has 146 valence electrons. The molecule has 8 atom stereocenters. The van der Waals surface area contributed by atoms with Gasteiger partial charge in [0.2, 0.25) is 0 Å². The van der Waals surface area contributed by atoms with E-state index in [1.54, 1.807) is 0 Å². The number of carboxylic acids is 1. The number of carbonyl (C=O) groups excluding carboxylic acids is 1. The summed E-state index contributed by atoms with van der Waals surface area (Å²) in [6, 6.07) is 0. The first-order valence-electron chi connectivity index (χ1n) is 10.7. The molecule has 0 saturated heterocycles. The fourth-order valence-electron chi connectivity index (χ4n) is 7.97. The average molecular weight is 363 g/mol. The molecule has 1 N–H and O–H groups in total. The van der Waals surface area contributed by atoms with Gasteiger partial charge < -0.3 is 9.84 Å². The molecular weight excluding hydrogens is 328 g/mol. The molecule has 4 aliphatic carbocycles. The number of fused-ring (bicyclic) bond motifs is 5. The summed E-state index contributed by atoms with van der Waals surface area (Å²) in [4.78, 5) is 23.2. The van der Waals surface area contributed by atoms with Crippen molar-refractivity contribution < 1.29 is 19.4 Å². The number of aliphatic carboxylic acids is 1. The Labute approximate surface area is 157 Å². The van der Waals surface area contributed by atoms with Crippen molar-refractivity contribution in [2.24, 2.45) is 40.4 Å². The third kappa shape index (κ3) is 2.62. The maximum absolute atomic E-state index is 11.8. The van der Waals surface area contributed by atoms with Gasteiger partial charge in [-0.1, -0.05) is 13.8 Å². The first-order valence-corrected chi connectivity index (χ1v) is 10.7. The molecule has 0 aliphatic heterocycles. The van der Waals surface area contributed by atoms with Crippen LogP contribution in [0.2, 0.25) is 0 Å². The van der Waals surface area contributed by atoms with Crippen LogP contribution in [0.15, 0.2) is 0 Å². The Morgan fingerprint density at radius 1 is 0.923 bits per heavy atom. The molecule has 0 unspecified atom stereocenters. The van der Waals surface area contributed by atoms with E-state index in [0.717, 1.165) is 44.4 Å². The molecule has 0 radical (unpaired) electrons. The lowest BCUT2D eigenvalue weighted by atomic mass is 9.44. The number of carboxylic acid groups (broad SMARTS) is 1. The zero-order valence-corrected chi connectivity index (χ0v) is 16.5. The molecule has 0 aromatic rings. The monoisotopic (exact) mass is 362 g/mol. The van der Waals surface area contributed by atoms with Gasteiger partial charge in [-0.15, -0.1) is 0 Å². The lowest BCUT2D eigenvalue weighted by Crippen LogP contribution is -2.54. The highest BCUT2D eigenvalue weighted by atomic mass is 16.5. The lowest BCUT2D eigenvalue weighted by molar-refractivity contribution is -0.163. The van der Waals surface area contributed by atoms with Crippen molar-refractivity contribution in [3.8, 4) is 0 Å². The van der Waals surface area contributed by atoms with Gasteiger partial charge in [-0.05, 0) is 92.3 Å². The van der Waals surface area contributed by atoms with Crippen LogP contribution in [0.3, 0.4) is 0 Å². The van der Waals surface area contributed by atoms with Crippen LogP contribution >= 0.6 is 0 Å². The van der Waals surface area contributed by atoms with Gasteiger partial charge in [0.05, 0.1) is 5.92 Å². The standard InChI is InChI=1S/C22H34O4/c1-13(23)26-15-8-10-21(2)14(12-15)4-5-16-17-6-7-19(20(24)25)22(17,3)11-9-18(16)21/h14-19H,4-12H2,1-3H3,(H,24,25)/t14-,15-,16+,17+,18+,19-,21-,22-/m0/s1. The summed E-state index contributed by atoms with van der Waals surface area (Å²) in [5.74, 6) is 1.81. The summed E-state index contributed by atoms with van der Waals surface area (Å²) >= 11 is 0. The van der Waals surface area contributed by atoms with Crippen LogP contribution < -0.4 is 0 Å². The molecule has 4 heteroatoms. The fourth-order valence-corrected chi connectivity index (χ4v) is 7.97. The minimum Gasteiger partial charge on any atom is -0.481 e. The maximum Gasteiger partial charge on any atom is 0.307 e. The second-order valence-corrected chi connectivity index (χ2v) is 10.2. The van der Waals surface area contributed by atoms with Gasteiger partial charge in [-0.25, -0.2) is 0 Å². The molecule has 4 nitrogen and oxygen atoms in total. The minimum absolute atomic E-state index is 0.00510. The third-order valence-corrected chi connectivity index (χ3v) is 9.25. The topological polar surface area (TPSA) is 63.6 Å². The molecule has 4 aliphatic rings. The molecule has 0 heterocycles. The van der Waals surface area contributed by atoms with Crippen molar-refractivity contribution in [1.82, 2.24) is 0 Å². The van der Waals surface area contributed by atoms with E-state index in [9.17, 15) is 14.7 Å². The Balaban J connectivity index is 1.54. The van der Waals surface area contributed by atoms with Crippen LogP contribution in [0.4, 0.5) is 0 Å². The Kier molecular flexibility index (Phi) is 4.39. The van der Waals surface area contributed by atoms with E-state index < -0.39 is 5.97 Å². The van der Waals surface area contributed by atoms with Crippen molar-refractivity contribution in [3.05, 3.63) is 0 Å². The SMILES string of the molecule is CC(=O)O[C@H]1CC[C@@]2(C)[C@@H](CC[C@H]3[C@H]2CC[C@@]2(C)[C@@H]3CC[C@H]2C(=O)O)C1. The summed E-state index contributed by atoms with van der Waals surface area (Å²) in [6.45, 7) is 6.28. The van der Waals surface area contributed by atoms with Crippen LogP contribution in [0.5, 0.6) is 0 Å². The number of ether oxygens (including phenoxy) is 1. The van der Waals surface area contributed by atoms with Crippen molar-refractivity contribution in [2.45, 2.75) is 84.7 Å². The van der Waals surface area contributed by atoms with Crippen LogP contribution in [0.25, 0.3) is 0 Å². The van der Waals surface area contributed by atoms with E-state index in [2.05, 4.69) is 13.8 Å². The first kappa shape index (κ1) is 18.3. The molecule has 26 heavy (non-hydrogen) atoms. The van der Waals surface area contributed by atoms with Crippen LogP contribution in [0, 0.1) is 40.4 Å². The van der Waals surface area contributed by atoms with Crippen molar-refractivity contribution in [1.29, 1.82) is 0 Å². The van der Waals surface area contributed by atoms with E-state index in [-0.39, 0.29) is 23.4 Å². The Morgan fingerprint density at radius 3 is 2.31 bits per heavy atom. The number of esters is 1. The molecule has 0 amide bonds. The second kappa shape index (κ2) is 6.24. The van der Waals surface area contributed by atoms with Crippen molar-refractivity contribution in [2.75, 3.05) is 0 Å². The van der Waals surface area contributed by atoms with Gasteiger partial charge in [0, 0.05) is 6.92 Å². The third-order valence-electron chi connectivity index (χ3n) is 9.25. The fraction of sp³-hybridized carbons (Fsp3) is 0.909. The summed E-state index contributed by atoms with van der Waals surface area (Å²) < 4.78 is 5.54. The van der Waals surface area contributed by atoms with Gasteiger partial charge in [0.15, 0.2) is 0 Å². The normalized spacial score (nSPS) is 50.3. The van der Waals surface area contributed by atoms with E-state index in [1.807, 2.05) is 0 Å². The Morgan fingerprint density at radius 2 is 1.62 bits per heavy atom. The molecule has 0 spiro atoms. The van der Waals surface area contributed by atoms with Crippen LogP contribution in [0.1, 0.15) is 78.6 Å². The summed E-state index contributed by atoms with van der Waals surface area (Å²) in [7, 11) is 0. The van der Waals surface area contributed by atoms with E-state index in [4.69, 9.17) is 4.74 Å². The highest BCUT2D eigenvalue weighted by Gasteiger charge is 2.61. The quantitative estimate of drug-likeness (QED) is 0.726. The molecular formula is C22H34O4. The molecule has 0 aromatic carbocycles. The Hall–Kier alpha value is -1.06. The van der Waals surface area contributed by atoms with Gasteiger partial charge >= 0.3 is 11.9 Å². The predicted octanol–water partition coefficient (Wildman–Crippen LogP) is 4.66. The smallest absolute Gasteiger partial charge is 0.307 e. The average Bonchev–Trinajstić information content (AvgIpc) is 2.92. The van der Waals surface area contributed by atoms with E-state index >= 15 is 0 Å². The lowest BCUT2D eigenvalue weighted by Gasteiger charge is -2.60. The van der Waals surface area contributed by atoms with Gasteiger partial charge in [-0.3, -0.25) is 9.59 Å². The number of hydrogen-bond acceptors (Lipinski definition) is 3. The summed E-state index contributed by atoms with van der Waals surface area (Å²) in [5, 5.41) is 9.71. The largest absolute Gasteiger partial charge is 0.481 e. The van der Waals surface area contributed by atoms with Crippen molar-refractivity contribution >= 4 is 11.9 Å². The maximum atomic E-state index is 11.8. The predicted molar refractivity (Wildman–Crippen MR) is 98.4 cm³/mol. The van der Waals surface area contributed by atoms with Gasteiger partial charge in [0.1, 0.15) is 6.10 Å². The molecule has 4 saturated carbocycles. The summed E-state index contributed by atoms with van der Waals surface area (Å²) in [6.07, 6.45) is 9.98. The van der Waals surface area contributed by atoms with Crippen molar-refractivity contribution in [3.63, 3.8) is 0 Å². The van der Waals surface area contributed by atoms with Gasteiger partial charge in [0.25, 0.3) is 0 Å². The van der Waals surface area contributed by atoms with Gasteiger partial charge in [-0.2, -0.15) is 0 Å². The number of hydrogen-bond donors (Lipinski definition) is 1. The molecule has 4 rings (SSSR count). The number of rotatable bonds is 2.